The molecule has 0 aromatic carbocycles. The first-order chi connectivity index (χ1) is 7.39. The van der Waals surface area contributed by atoms with Crippen molar-refractivity contribution in [2.45, 2.75) is 57.7 Å². The zero-order valence-corrected chi connectivity index (χ0v) is 15.3. The Morgan fingerprint density at radius 3 is 1.95 bits per heavy atom. The van der Waals surface area contributed by atoms with E-state index in [9.17, 15) is 5.11 Å². The maximum absolute atomic E-state index is 9.94. The molecule has 0 heterocycles. The summed E-state index contributed by atoms with van der Waals surface area (Å²) in [6.45, 7) is 13.9. The van der Waals surface area contributed by atoms with Gasteiger partial charge in [-0.15, -0.1) is 13.2 Å². The van der Waals surface area contributed by atoms with Gasteiger partial charge < -0.3 is 34.7 Å². The minimum absolute atomic E-state index is 0. The summed E-state index contributed by atoms with van der Waals surface area (Å²) in [4.78, 5) is 0. The molecular weight excluding hydrogens is 295 g/mol. The fourth-order valence-corrected chi connectivity index (χ4v) is 1.54. The summed E-state index contributed by atoms with van der Waals surface area (Å²) >= 11 is 0. The van der Waals surface area contributed by atoms with Gasteiger partial charge in [-0.2, -0.15) is 0 Å². The Kier molecular flexibility index (Phi) is 20.2. The second-order valence-electron chi connectivity index (χ2n) is 4.88. The third-order valence-electron chi connectivity index (χ3n) is 3.00. The molecule has 2 unspecified atom stereocenters. The Morgan fingerprint density at radius 2 is 1.58 bits per heavy atom. The molecule has 0 aliphatic heterocycles. The van der Waals surface area contributed by atoms with Gasteiger partial charge in [0.15, 0.2) is 0 Å². The van der Waals surface area contributed by atoms with E-state index in [-0.39, 0.29) is 53.5 Å². The average Bonchev–Trinajstić information content (AvgIpc) is 2.17. The van der Waals surface area contributed by atoms with Gasteiger partial charge in [-0.25, -0.2) is 0 Å². The standard InChI is InChI=1S/C14H26O2.2ClH.Mg/c1-6-9-13(4,15)11-12-16-14(5,8-3)10-7-2;;;/h6-7,15H,1-2,8-12H2,3-5H3;2*1H;/q;;;+2/p-2. The number of aliphatic hydroxyl groups is 1. The van der Waals surface area contributed by atoms with Gasteiger partial charge in [-0.1, -0.05) is 19.1 Å². The van der Waals surface area contributed by atoms with E-state index < -0.39 is 5.60 Å². The predicted octanol–water partition coefficient (Wildman–Crippen LogP) is -2.91. The molecule has 0 spiro atoms. The quantitative estimate of drug-likeness (QED) is 0.365. The molecule has 110 valence electrons. The van der Waals surface area contributed by atoms with Gasteiger partial charge in [0, 0.05) is 0 Å². The summed E-state index contributed by atoms with van der Waals surface area (Å²) < 4.78 is 5.84. The zero-order chi connectivity index (χ0) is 12.7. The fourth-order valence-electron chi connectivity index (χ4n) is 1.54. The number of hydrogen-bond donors (Lipinski definition) is 1. The summed E-state index contributed by atoms with van der Waals surface area (Å²) in [6, 6.07) is 0. The van der Waals surface area contributed by atoms with Crippen molar-refractivity contribution in [3.8, 4) is 0 Å². The normalized spacial score (nSPS) is 15.6. The minimum Gasteiger partial charge on any atom is -1.00 e. The third-order valence-corrected chi connectivity index (χ3v) is 3.00. The topological polar surface area (TPSA) is 29.5 Å². The maximum atomic E-state index is 9.94. The number of halogens is 2. The van der Waals surface area contributed by atoms with Crippen LogP contribution in [0.4, 0.5) is 0 Å². The van der Waals surface area contributed by atoms with Crippen LogP contribution in [0.5, 0.6) is 0 Å². The Balaban J connectivity index is -0.000000375. The van der Waals surface area contributed by atoms with Gasteiger partial charge in [0.05, 0.1) is 17.8 Å². The van der Waals surface area contributed by atoms with Crippen molar-refractivity contribution in [1.82, 2.24) is 0 Å². The summed E-state index contributed by atoms with van der Waals surface area (Å²) in [6.07, 6.45) is 6.64. The molecule has 0 bridgehead atoms. The van der Waals surface area contributed by atoms with Gasteiger partial charge in [-0.05, 0) is 39.5 Å². The first-order valence-electron chi connectivity index (χ1n) is 5.97. The zero-order valence-electron chi connectivity index (χ0n) is 12.4. The van der Waals surface area contributed by atoms with Crippen molar-refractivity contribution in [3.63, 3.8) is 0 Å². The van der Waals surface area contributed by atoms with Gasteiger partial charge in [-0.3, -0.25) is 0 Å². The molecule has 2 nitrogen and oxygen atoms in total. The summed E-state index contributed by atoms with van der Waals surface area (Å²) in [5, 5.41) is 9.94. The van der Waals surface area contributed by atoms with Crippen LogP contribution in [0.3, 0.4) is 0 Å². The summed E-state index contributed by atoms with van der Waals surface area (Å²) in [5.41, 5.74) is -0.851. The van der Waals surface area contributed by atoms with Crippen molar-refractivity contribution in [3.05, 3.63) is 25.3 Å². The molecule has 5 heteroatoms. The predicted molar refractivity (Wildman–Crippen MR) is 75.3 cm³/mol. The van der Waals surface area contributed by atoms with Crippen molar-refractivity contribution in [2.24, 2.45) is 0 Å². The van der Waals surface area contributed by atoms with Gasteiger partial charge in [0.1, 0.15) is 0 Å². The maximum Gasteiger partial charge on any atom is 2.00 e. The Bertz CT molecular complexity index is 235. The molecule has 0 aromatic rings. The van der Waals surface area contributed by atoms with Gasteiger partial charge in [0.2, 0.25) is 0 Å². The SMILES string of the molecule is C=CCC(C)(O)CCOC(C)(CC)CC=C.[Cl-].[Cl-].[Mg+2]. The van der Waals surface area contributed by atoms with E-state index >= 15 is 0 Å². The van der Waals surface area contributed by atoms with Gasteiger partial charge >= 0.3 is 23.1 Å². The van der Waals surface area contributed by atoms with Crippen molar-refractivity contribution >= 4 is 23.1 Å². The molecule has 1 N–H and O–H groups in total. The molecule has 0 fully saturated rings. The van der Waals surface area contributed by atoms with Crippen LogP contribution >= 0.6 is 0 Å². The molecule has 0 saturated heterocycles. The van der Waals surface area contributed by atoms with E-state index in [0.29, 0.717) is 19.4 Å². The molecule has 0 aromatic heterocycles. The number of rotatable bonds is 9. The van der Waals surface area contributed by atoms with E-state index in [1.807, 2.05) is 13.0 Å². The van der Waals surface area contributed by atoms with E-state index in [0.717, 1.165) is 12.8 Å². The van der Waals surface area contributed by atoms with Crippen LogP contribution in [0.25, 0.3) is 0 Å². The first kappa shape index (κ1) is 28.0. The van der Waals surface area contributed by atoms with E-state index in [2.05, 4.69) is 27.0 Å². The van der Waals surface area contributed by atoms with Crippen LogP contribution in [-0.2, 0) is 4.74 Å². The fraction of sp³-hybridized carbons (Fsp3) is 0.714. The monoisotopic (exact) mass is 320 g/mol. The minimum atomic E-state index is -0.704. The van der Waals surface area contributed by atoms with Crippen molar-refractivity contribution in [2.75, 3.05) is 6.61 Å². The first-order valence-corrected chi connectivity index (χ1v) is 5.97. The molecule has 0 amide bonds. The summed E-state index contributed by atoms with van der Waals surface area (Å²) in [5.74, 6) is 0. The Labute approximate surface area is 147 Å². The van der Waals surface area contributed by atoms with E-state index in [1.165, 1.54) is 0 Å². The van der Waals surface area contributed by atoms with Crippen LogP contribution in [0, 0.1) is 0 Å². The van der Waals surface area contributed by atoms with Crippen molar-refractivity contribution < 1.29 is 34.7 Å². The number of ether oxygens (including phenoxy) is 1. The van der Waals surface area contributed by atoms with E-state index in [1.54, 1.807) is 6.08 Å². The molecule has 0 saturated carbocycles. The van der Waals surface area contributed by atoms with Crippen LogP contribution in [0.15, 0.2) is 25.3 Å². The van der Waals surface area contributed by atoms with E-state index in [4.69, 9.17) is 4.74 Å². The van der Waals surface area contributed by atoms with Crippen LogP contribution in [0.2, 0.25) is 0 Å². The van der Waals surface area contributed by atoms with Crippen molar-refractivity contribution in [1.29, 1.82) is 0 Å². The van der Waals surface area contributed by atoms with Gasteiger partial charge in [0.25, 0.3) is 0 Å². The van der Waals surface area contributed by atoms with Crippen LogP contribution < -0.4 is 24.8 Å². The second kappa shape index (κ2) is 13.7. The van der Waals surface area contributed by atoms with Crippen LogP contribution in [0.1, 0.15) is 46.5 Å². The summed E-state index contributed by atoms with van der Waals surface area (Å²) in [7, 11) is 0. The largest absolute Gasteiger partial charge is 2.00 e. The Hall–Kier alpha value is 0.746. The van der Waals surface area contributed by atoms with Crippen LogP contribution in [-0.4, -0.2) is 46.0 Å². The molecule has 0 aliphatic carbocycles. The second-order valence-corrected chi connectivity index (χ2v) is 4.88. The molecule has 19 heavy (non-hydrogen) atoms. The molecule has 2 atom stereocenters. The number of hydrogen-bond acceptors (Lipinski definition) is 2. The molecule has 0 rings (SSSR count). The molecule has 0 radical (unpaired) electrons. The average molecular weight is 322 g/mol. The third kappa shape index (κ3) is 13.5. The molecule has 0 aliphatic rings. The smallest absolute Gasteiger partial charge is 1.00 e. The molecular formula is C14H26Cl2MgO2. The Morgan fingerprint density at radius 1 is 1.11 bits per heavy atom.